The fraction of sp³-hybridized carbons (Fsp3) is 0.625. The zero-order valence-electron chi connectivity index (χ0n) is 15.0. The summed E-state index contributed by atoms with van der Waals surface area (Å²) in [6.45, 7) is 7.18. The van der Waals surface area contributed by atoms with Crippen LogP contribution in [-0.2, 0) is 9.47 Å². The monoisotopic (exact) mass is 365 g/mol. The van der Waals surface area contributed by atoms with Crippen molar-refractivity contribution in [2.75, 3.05) is 36.9 Å². The third-order valence-electron chi connectivity index (χ3n) is 4.27. The van der Waals surface area contributed by atoms with E-state index in [0.29, 0.717) is 32.1 Å². The number of nitrogens with zero attached hydrogens (tertiary/aromatic N) is 4. The predicted octanol–water partition coefficient (Wildman–Crippen LogP) is 1.40. The number of piperazine rings is 1. The molecule has 1 amide bonds. The van der Waals surface area contributed by atoms with Crippen LogP contribution in [0.25, 0.3) is 0 Å². The molecule has 2 aliphatic heterocycles. The molecule has 2 atom stereocenters. The van der Waals surface area contributed by atoms with Crippen LogP contribution < -0.4 is 10.6 Å². The number of amides is 1. The number of hydrogen-bond donors (Lipinski definition) is 1. The van der Waals surface area contributed by atoms with Crippen LogP contribution in [0.5, 0.6) is 0 Å². The molecule has 10 nitrogen and oxygen atoms in total. The molecule has 3 heterocycles. The number of nitrogens with two attached hydrogens (primary N) is 1. The van der Waals surface area contributed by atoms with Crippen molar-refractivity contribution in [1.82, 2.24) is 9.88 Å². The van der Waals surface area contributed by atoms with E-state index in [1.54, 1.807) is 11.0 Å². The molecule has 2 saturated heterocycles. The first-order valence-corrected chi connectivity index (χ1v) is 8.40. The summed E-state index contributed by atoms with van der Waals surface area (Å²) in [7, 11) is 0. The lowest BCUT2D eigenvalue weighted by atomic mass is 10.0. The molecular formula is C16H23N5O5. The molecule has 0 spiro atoms. The number of carbonyl (C=O) groups is 1. The minimum atomic E-state index is -0.561. The summed E-state index contributed by atoms with van der Waals surface area (Å²) in [4.78, 5) is 30.7. The van der Waals surface area contributed by atoms with E-state index in [0.717, 1.165) is 0 Å². The van der Waals surface area contributed by atoms with Crippen LogP contribution in [0.4, 0.5) is 22.1 Å². The van der Waals surface area contributed by atoms with Crippen LogP contribution in [-0.4, -0.2) is 64.9 Å². The largest absolute Gasteiger partial charge is 0.444 e. The van der Waals surface area contributed by atoms with Gasteiger partial charge in [-0.2, -0.15) is 0 Å². The smallest absolute Gasteiger partial charge is 0.410 e. The predicted molar refractivity (Wildman–Crippen MR) is 94.0 cm³/mol. The second-order valence-corrected chi connectivity index (χ2v) is 7.47. The topological polar surface area (TPSA) is 124 Å². The van der Waals surface area contributed by atoms with Crippen LogP contribution in [0.15, 0.2) is 12.1 Å². The van der Waals surface area contributed by atoms with Gasteiger partial charge < -0.3 is 25.0 Å². The molecule has 0 saturated carbocycles. The molecule has 2 aliphatic rings. The summed E-state index contributed by atoms with van der Waals surface area (Å²) in [5, 5.41) is 10.9. The molecule has 2 N–H and O–H groups in total. The Bertz CT molecular complexity index is 705. The number of rotatable bonds is 2. The number of aromatic nitrogens is 1. The van der Waals surface area contributed by atoms with E-state index < -0.39 is 10.5 Å². The Morgan fingerprint density at radius 1 is 1.35 bits per heavy atom. The maximum absolute atomic E-state index is 12.4. The molecule has 2 unspecified atom stereocenters. The first-order chi connectivity index (χ1) is 12.2. The van der Waals surface area contributed by atoms with Crippen molar-refractivity contribution in [2.45, 2.75) is 38.5 Å². The highest BCUT2D eigenvalue weighted by Crippen LogP contribution is 2.30. The van der Waals surface area contributed by atoms with Gasteiger partial charge in [-0.15, -0.1) is 0 Å². The number of morpholine rings is 1. The Hall–Kier alpha value is -2.62. The molecule has 10 heteroatoms. The Labute approximate surface area is 151 Å². The SMILES string of the molecule is CC(C)(C)OC(=O)N1CC2COCC(C1)N2c1ccc([N+](=O)[O-])c(N)n1. The number of nitro groups is 1. The number of fused-ring (bicyclic) bond motifs is 2. The highest BCUT2D eigenvalue weighted by Gasteiger charge is 2.41. The highest BCUT2D eigenvalue weighted by molar-refractivity contribution is 5.69. The Balaban J connectivity index is 1.80. The van der Waals surface area contributed by atoms with Gasteiger partial charge in [0, 0.05) is 19.2 Å². The number of carbonyl (C=O) groups excluding carboxylic acids is 1. The fourth-order valence-corrected chi connectivity index (χ4v) is 3.27. The van der Waals surface area contributed by atoms with E-state index in [-0.39, 0.29) is 29.7 Å². The summed E-state index contributed by atoms with van der Waals surface area (Å²) in [6.07, 6.45) is -0.356. The van der Waals surface area contributed by atoms with Crippen LogP contribution in [0.3, 0.4) is 0 Å². The van der Waals surface area contributed by atoms with Gasteiger partial charge in [-0.25, -0.2) is 9.78 Å². The van der Waals surface area contributed by atoms with Gasteiger partial charge in [0.2, 0.25) is 5.82 Å². The Kier molecular flexibility index (Phi) is 4.61. The van der Waals surface area contributed by atoms with Gasteiger partial charge in [-0.05, 0) is 26.8 Å². The van der Waals surface area contributed by atoms with Crippen LogP contribution >= 0.6 is 0 Å². The third kappa shape index (κ3) is 3.64. The summed E-state index contributed by atoms with van der Waals surface area (Å²) in [6, 6.07) is 2.70. The molecule has 0 aromatic carbocycles. The standard InChI is InChI=1S/C16H23N5O5/c1-16(2,3)26-15(22)19-6-10-8-25-9-11(7-19)20(10)13-5-4-12(21(23)24)14(17)18-13/h4-5,10-11H,6-9H2,1-3H3,(H2,17,18). The van der Waals surface area contributed by atoms with E-state index in [2.05, 4.69) is 4.98 Å². The molecule has 0 aliphatic carbocycles. The highest BCUT2D eigenvalue weighted by atomic mass is 16.6. The number of pyridine rings is 1. The van der Waals surface area contributed by atoms with E-state index in [1.165, 1.54) is 6.07 Å². The number of hydrogen-bond acceptors (Lipinski definition) is 8. The maximum atomic E-state index is 12.4. The molecule has 1 aromatic heterocycles. The minimum Gasteiger partial charge on any atom is -0.444 e. The lowest BCUT2D eigenvalue weighted by Crippen LogP contribution is -2.66. The molecule has 2 fully saturated rings. The van der Waals surface area contributed by atoms with Gasteiger partial charge in [0.1, 0.15) is 11.4 Å². The summed E-state index contributed by atoms with van der Waals surface area (Å²) in [5.74, 6) is 0.427. The molecule has 142 valence electrons. The van der Waals surface area contributed by atoms with Crippen LogP contribution in [0, 0.1) is 10.1 Å². The zero-order chi connectivity index (χ0) is 19.1. The van der Waals surface area contributed by atoms with Gasteiger partial charge in [0.15, 0.2) is 0 Å². The van der Waals surface area contributed by atoms with Gasteiger partial charge in [-0.3, -0.25) is 10.1 Å². The second kappa shape index (κ2) is 6.60. The first kappa shape index (κ1) is 18.2. The van der Waals surface area contributed by atoms with E-state index in [1.807, 2.05) is 25.7 Å². The van der Waals surface area contributed by atoms with Crippen molar-refractivity contribution < 1.29 is 19.2 Å². The number of nitrogen functional groups attached to an aromatic ring is 1. The average Bonchev–Trinajstić information content (AvgIpc) is 2.51. The Morgan fingerprint density at radius 2 is 1.96 bits per heavy atom. The molecule has 1 aromatic rings. The van der Waals surface area contributed by atoms with Crippen molar-refractivity contribution in [2.24, 2.45) is 0 Å². The van der Waals surface area contributed by atoms with E-state index in [9.17, 15) is 14.9 Å². The zero-order valence-corrected chi connectivity index (χ0v) is 15.0. The van der Waals surface area contributed by atoms with Crippen molar-refractivity contribution in [3.63, 3.8) is 0 Å². The minimum absolute atomic E-state index is 0.122. The first-order valence-electron chi connectivity index (χ1n) is 8.40. The lowest BCUT2D eigenvalue weighted by Gasteiger charge is -2.50. The summed E-state index contributed by atoms with van der Waals surface area (Å²) in [5.41, 5.74) is 4.95. The number of ether oxygens (including phenoxy) is 2. The lowest BCUT2D eigenvalue weighted by molar-refractivity contribution is -0.384. The molecule has 26 heavy (non-hydrogen) atoms. The van der Waals surface area contributed by atoms with Crippen molar-refractivity contribution in [3.05, 3.63) is 22.2 Å². The fourth-order valence-electron chi connectivity index (χ4n) is 3.27. The van der Waals surface area contributed by atoms with Crippen LogP contribution in [0.2, 0.25) is 0 Å². The maximum Gasteiger partial charge on any atom is 0.410 e. The van der Waals surface area contributed by atoms with Gasteiger partial charge in [0.25, 0.3) is 0 Å². The van der Waals surface area contributed by atoms with Crippen molar-refractivity contribution in [1.29, 1.82) is 0 Å². The summed E-state index contributed by atoms with van der Waals surface area (Å²) < 4.78 is 11.1. The Morgan fingerprint density at radius 3 is 2.46 bits per heavy atom. The third-order valence-corrected chi connectivity index (χ3v) is 4.27. The summed E-state index contributed by atoms with van der Waals surface area (Å²) >= 11 is 0. The quantitative estimate of drug-likeness (QED) is 0.616. The average molecular weight is 365 g/mol. The normalized spacial score (nSPS) is 22.9. The molecule has 3 rings (SSSR count). The van der Waals surface area contributed by atoms with Crippen LogP contribution in [0.1, 0.15) is 20.8 Å². The van der Waals surface area contributed by atoms with Gasteiger partial charge in [-0.1, -0.05) is 0 Å². The molecular weight excluding hydrogens is 342 g/mol. The van der Waals surface area contributed by atoms with E-state index >= 15 is 0 Å². The van der Waals surface area contributed by atoms with Crippen molar-refractivity contribution in [3.8, 4) is 0 Å². The van der Waals surface area contributed by atoms with Gasteiger partial charge >= 0.3 is 11.8 Å². The van der Waals surface area contributed by atoms with Gasteiger partial charge in [0.05, 0.1) is 30.2 Å². The molecule has 2 bridgehead atoms. The van der Waals surface area contributed by atoms with Crippen molar-refractivity contribution >= 4 is 23.4 Å². The second-order valence-electron chi connectivity index (χ2n) is 7.47. The van der Waals surface area contributed by atoms with E-state index in [4.69, 9.17) is 15.2 Å². The molecule has 0 radical (unpaired) electrons. The number of anilines is 2.